The summed E-state index contributed by atoms with van der Waals surface area (Å²) in [5.74, 6) is 1.77. The summed E-state index contributed by atoms with van der Waals surface area (Å²) in [5, 5.41) is 1.96. The molecular weight excluding hydrogens is 256 g/mol. The van der Waals surface area contributed by atoms with E-state index in [0.29, 0.717) is 18.3 Å². The molecule has 1 heterocycles. The molecule has 3 rings (SSSR count). The van der Waals surface area contributed by atoms with Crippen molar-refractivity contribution < 1.29 is 9.53 Å². The van der Waals surface area contributed by atoms with E-state index in [4.69, 9.17) is 4.74 Å². The van der Waals surface area contributed by atoms with Crippen LogP contribution in [0.25, 0.3) is 0 Å². The molecule has 1 aromatic heterocycles. The van der Waals surface area contributed by atoms with Crippen molar-refractivity contribution in [3.05, 3.63) is 52.2 Å². The molecule has 0 saturated heterocycles. The molecule has 2 unspecified atom stereocenters. The first kappa shape index (κ1) is 12.4. The molecule has 1 saturated carbocycles. The molecule has 2 atom stereocenters. The monoisotopic (exact) mass is 272 g/mol. The van der Waals surface area contributed by atoms with Crippen LogP contribution in [0, 0.1) is 5.92 Å². The number of carbonyl (C=O) groups is 1. The second kappa shape index (κ2) is 5.17. The molecule has 1 fully saturated rings. The predicted molar refractivity (Wildman–Crippen MR) is 77.1 cm³/mol. The van der Waals surface area contributed by atoms with E-state index in [0.717, 1.165) is 17.0 Å². The lowest BCUT2D eigenvalue weighted by Crippen LogP contribution is -2.00. The number of thiophene rings is 1. The van der Waals surface area contributed by atoms with Gasteiger partial charge in [-0.3, -0.25) is 4.79 Å². The van der Waals surface area contributed by atoms with Gasteiger partial charge in [-0.05, 0) is 48.4 Å². The van der Waals surface area contributed by atoms with Crippen LogP contribution < -0.4 is 4.74 Å². The summed E-state index contributed by atoms with van der Waals surface area (Å²) >= 11 is 1.54. The van der Waals surface area contributed by atoms with Crippen molar-refractivity contribution in [1.29, 1.82) is 0 Å². The normalized spacial score (nSPS) is 21.1. The molecule has 0 N–H and O–H groups in total. The molecule has 1 aliphatic rings. The van der Waals surface area contributed by atoms with Gasteiger partial charge >= 0.3 is 0 Å². The summed E-state index contributed by atoms with van der Waals surface area (Å²) in [6, 6.07) is 12.0. The van der Waals surface area contributed by atoms with Crippen LogP contribution in [0.4, 0.5) is 0 Å². The Bertz CT molecular complexity index is 557. The lowest BCUT2D eigenvalue weighted by Gasteiger charge is -2.04. The van der Waals surface area contributed by atoms with Crippen molar-refractivity contribution in [3.63, 3.8) is 0 Å². The van der Waals surface area contributed by atoms with Crippen LogP contribution in [0.5, 0.6) is 5.75 Å². The number of hydrogen-bond acceptors (Lipinski definition) is 3. The number of Topliss-reactive ketones (excluding diaryl/α,β-unsaturated/α-hetero) is 1. The van der Waals surface area contributed by atoms with Crippen LogP contribution >= 0.6 is 11.3 Å². The van der Waals surface area contributed by atoms with Gasteiger partial charge in [0.25, 0.3) is 0 Å². The second-order valence-electron chi connectivity index (χ2n) is 4.79. The third kappa shape index (κ3) is 2.56. The molecule has 3 heteroatoms. The van der Waals surface area contributed by atoms with Gasteiger partial charge in [-0.1, -0.05) is 18.2 Å². The first-order chi connectivity index (χ1) is 9.29. The Balaban J connectivity index is 1.67. The third-order valence-corrected chi connectivity index (χ3v) is 4.39. The van der Waals surface area contributed by atoms with Gasteiger partial charge in [0.2, 0.25) is 0 Å². The largest absolute Gasteiger partial charge is 0.494 e. The van der Waals surface area contributed by atoms with E-state index in [2.05, 4.69) is 12.1 Å². The van der Waals surface area contributed by atoms with Crippen molar-refractivity contribution >= 4 is 17.1 Å². The number of hydrogen-bond donors (Lipinski definition) is 0. The maximum Gasteiger partial charge on any atom is 0.176 e. The molecule has 0 amide bonds. The van der Waals surface area contributed by atoms with Crippen LogP contribution in [0.3, 0.4) is 0 Å². The molecule has 98 valence electrons. The van der Waals surface area contributed by atoms with E-state index in [1.807, 2.05) is 36.6 Å². The topological polar surface area (TPSA) is 26.3 Å². The van der Waals surface area contributed by atoms with Gasteiger partial charge in [-0.15, -0.1) is 11.3 Å². The van der Waals surface area contributed by atoms with E-state index < -0.39 is 0 Å². The second-order valence-corrected chi connectivity index (χ2v) is 5.74. The summed E-state index contributed by atoms with van der Waals surface area (Å²) < 4.78 is 5.43. The lowest BCUT2D eigenvalue weighted by molar-refractivity contribution is 0.0969. The highest BCUT2D eigenvalue weighted by Crippen LogP contribution is 2.49. The summed E-state index contributed by atoms with van der Waals surface area (Å²) in [7, 11) is 0. The van der Waals surface area contributed by atoms with E-state index in [-0.39, 0.29) is 5.92 Å². The van der Waals surface area contributed by atoms with E-state index in [1.54, 1.807) is 0 Å². The Labute approximate surface area is 117 Å². The van der Waals surface area contributed by atoms with Gasteiger partial charge < -0.3 is 4.74 Å². The number of rotatable bonds is 5. The minimum Gasteiger partial charge on any atom is -0.494 e. The van der Waals surface area contributed by atoms with Crippen LogP contribution in [-0.2, 0) is 0 Å². The highest BCUT2D eigenvalue weighted by molar-refractivity contribution is 7.12. The molecule has 0 spiro atoms. The van der Waals surface area contributed by atoms with E-state index in [9.17, 15) is 4.79 Å². The Morgan fingerprint density at radius 2 is 2.11 bits per heavy atom. The molecule has 0 aliphatic heterocycles. The van der Waals surface area contributed by atoms with Crippen LogP contribution in [0.15, 0.2) is 41.8 Å². The molecule has 0 radical (unpaired) electrons. The standard InChI is InChI=1S/C16H16O2S/c1-2-18-12-7-5-11(6-8-12)13-10-14(13)16(17)15-4-3-9-19-15/h3-9,13-14H,2,10H2,1H3. The number of benzene rings is 1. The fourth-order valence-corrected chi connectivity index (χ4v) is 3.16. The quantitative estimate of drug-likeness (QED) is 0.765. The van der Waals surface area contributed by atoms with Gasteiger partial charge in [0, 0.05) is 5.92 Å². The van der Waals surface area contributed by atoms with Crippen molar-refractivity contribution in [3.8, 4) is 5.75 Å². The molecular formula is C16H16O2S. The van der Waals surface area contributed by atoms with Crippen molar-refractivity contribution in [2.45, 2.75) is 19.3 Å². The molecule has 0 bridgehead atoms. The number of ketones is 1. The first-order valence-electron chi connectivity index (χ1n) is 6.60. The fraction of sp³-hybridized carbons (Fsp3) is 0.312. The van der Waals surface area contributed by atoms with E-state index >= 15 is 0 Å². The Morgan fingerprint density at radius 1 is 1.32 bits per heavy atom. The zero-order valence-corrected chi connectivity index (χ0v) is 11.7. The summed E-state index contributed by atoms with van der Waals surface area (Å²) in [6.45, 7) is 2.66. The van der Waals surface area contributed by atoms with E-state index in [1.165, 1.54) is 16.9 Å². The predicted octanol–water partition coefficient (Wildman–Crippen LogP) is 4.13. The molecule has 2 aromatic rings. The Kier molecular flexibility index (Phi) is 3.38. The minimum atomic E-state index is 0.177. The van der Waals surface area contributed by atoms with Crippen molar-refractivity contribution in [1.82, 2.24) is 0 Å². The zero-order valence-electron chi connectivity index (χ0n) is 10.8. The SMILES string of the molecule is CCOc1ccc(C2CC2C(=O)c2cccs2)cc1. The van der Waals surface area contributed by atoms with Gasteiger partial charge in [-0.25, -0.2) is 0 Å². The Hall–Kier alpha value is -1.61. The van der Waals surface area contributed by atoms with Gasteiger partial charge in [0.05, 0.1) is 11.5 Å². The minimum absolute atomic E-state index is 0.177. The molecule has 19 heavy (non-hydrogen) atoms. The fourth-order valence-electron chi connectivity index (χ4n) is 2.43. The average molecular weight is 272 g/mol. The highest BCUT2D eigenvalue weighted by Gasteiger charge is 2.44. The number of ether oxygens (including phenoxy) is 1. The zero-order chi connectivity index (χ0) is 13.2. The number of carbonyl (C=O) groups excluding carboxylic acids is 1. The summed E-state index contributed by atoms with van der Waals surface area (Å²) in [6.07, 6.45) is 0.977. The highest BCUT2D eigenvalue weighted by atomic mass is 32.1. The summed E-state index contributed by atoms with van der Waals surface area (Å²) in [5.41, 5.74) is 1.25. The first-order valence-corrected chi connectivity index (χ1v) is 7.48. The van der Waals surface area contributed by atoms with Crippen LogP contribution in [-0.4, -0.2) is 12.4 Å². The van der Waals surface area contributed by atoms with Crippen molar-refractivity contribution in [2.24, 2.45) is 5.92 Å². The van der Waals surface area contributed by atoms with Crippen LogP contribution in [0.2, 0.25) is 0 Å². The Morgan fingerprint density at radius 3 is 2.74 bits per heavy atom. The maximum atomic E-state index is 12.2. The third-order valence-electron chi connectivity index (χ3n) is 3.51. The van der Waals surface area contributed by atoms with Gasteiger partial charge in [0.1, 0.15) is 5.75 Å². The maximum absolute atomic E-state index is 12.2. The lowest BCUT2D eigenvalue weighted by atomic mass is 10.1. The molecule has 1 aliphatic carbocycles. The average Bonchev–Trinajstić information content (AvgIpc) is 3.04. The smallest absolute Gasteiger partial charge is 0.176 e. The van der Waals surface area contributed by atoms with Gasteiger partial charge in [-0.2, -0.15) is 0 Å². The summed E-state index contributed by atoms with van der Waals surface area (Å²) in [4.78, 5) is 13.1. The van der Waals surface area contributed by atoms with Crippen LogP contribution in [0.1, 0.15) is 34.5 Å². The molecule has 2 nitrogen and oxygen atoms in total. The van der Waals surface area contributed by atoms with Gasteiger partial charge in [0.15, 0.2) is 5.78 Å². The molecule has 1 aromatic carbocycles. The van der Waals surface area contributed by atoms with Crippen molar-refractivity contribution in [2.75, 3.05) is 6.61 Å².